The van der Waals surface area contributed by atoms with E-state index in [0.717, 1.165) is 43.5 Å². The third-order valence-corrected chi connectivity index (χ3v) is 7.81. The van der Waals surface area contributed by atoms with E-state index in [4.69, 9.17) is 17.3 Å². The Morgan fingerprint density at radius 1 is 1.12 bits per heavy atom. The van der Waals surface area contributed by atoms with E-state index in [9.17, 15) is 13.2 Å². The number of aromatic nitrogens is 2. The second kappa shape index (κ2) is 9.33. The zero-order valence-corrected chi connectivity index (χ0v) is 19.9. The van der Waals surface area contributed by atoms with E-state index in [1.54, 1.807) is 0 Å². The molecule has 2 aliphatic carbocycles. The Hall–Kier alpha value is -1.41. The summed E-state index contributed by atoms with van der Waals surface area (Å²) < 4.78 is 41.0. The largest absolute Gasteiger partial charge is 0.433 e. The van der Waals surface area contributed by atoms with Gasteiger partial charge in [0.25, 0.3) is 0 Å². The summed E-state index contributed by atoms with van der Waals surface area (Å²) in [7, 11) is 0. The molecule has 5 rings (SSSR count). The van der Waals surface area contributed by atoms with Gasteiger partial charge in [-0.2, -0.15) is 13.2 Å². The second-order valence-electron chi connectivity index (χ2n) is 9.57. The monoisotopic (exact) mass is 500 g/mol. The van der Waals surface area contributed by atoms with Gasteiger partial charge in [-0.25, -0.2) is 9.97 Å². The maximum atomic E-state index is 13.7. The van der Waals surface area contributed by atoms with Crippen molar-refractivity contribution in [3.63, 3.8) is 0 Å². The fraction of sp³-hybridized carbons (Fsp3) is 0.583. The highest BCUT2D eigenvalue weighted by molar-refractivity contribution is 6.30. The van der Waals surface area contributed by atoms with Gasteiger partial charge < -0.3 is 5.73 Å². The molecule has 9 heteroatoms. The van der Waals surface area contributed by atoms with E-state index in [2.05, 4.69) is 20.9 Å². The molecular weight excluding hydrogens is 472 g/mol. The zero-order chi connectivity index (χ0) is 22.5. The molecule has 180 valence electrons. The van der Waals surface area contributed by atoms with Gasteiger partial charge in [0.2, 0.25) is 0 Å². The Labute approximate surface area is 203 Å². The lowest BCUT2D eigenvalue weighted by Crippen LogP contribution is -2.47. The number of halogens is 5. The molecule has 2 fully saturated rings. The van der Waals surface area contributed by atoms with Crippen molar-refractivity contribution in [1.82, 2.24) is 14.9 Å². The number of hydrogen-bond acceptors (Lipinski definition) is 4. The van der Waals surface area contributed by atoms with Gasteiger partial charge in [0.05, 0.1) is 5.69 Å². The molecule has 33 heavy (non-hydrogen) atoms. The SMILES string of the molecule is Cl.NC[C@]1(c2cccc(Cl)c2)CC[C@@H](N2CCc3c(nc(C4CC4)nc3C(F)(F)F)C2)CC1. The van der Waals surface area contributed by atoms with Gasteiger partial charge in [-0.05, 0) is 62.6 Å². The summed E-state index contributed by atoms with van der Waals surface area (Å²) in [6.45, 7) is 1.65. The van der Waals surface area contributed by atoms with Crippen molar-refractivity contribution in [3.8, 4) is 0 Å². The molecule has 0 atom stereocenters. The molecule has 1 aromatic heterocycles. The van der Waals surface area contributed by atoms with Crippen LogP contribution in [0.2, 0.25) is 5.02 Å². The van der Waals surface area contributed by atoms with Crippen LogP contribution in [-0.2, 0) is 24.6 Å². The average molecular weight is 501 g/mol. The van der Waals surface area contributed by atoms with Crippen molar-refractivity contribution >= 4 is 24.0 Å². The summed E-state index contributed by atoms with van der Waals surface area (Å²) in [6.07, 6.45) is 1.51. The van der Waals surface area contributed by atoms with E-state index in [-0.39, 0.29) is 23.7 Å². The highest BCUT2D eigenvalue weighted by Crippen LogP contribution is 2.44. The fourth-order valence-electron chi connectivity index (χ4n) is 5.49. The molecule has 0 bridgehead atoms. The first-order valence-corrected chi connectivity index (χ1v) is 11.8. The van der Waals surface area contributed by atoms with E-state index in [1.807, 2.05) is 18.2 Å². The fourth-order valence-corrected chi connectivity index (χ4v) is 5.68. The van der Waals surface area contributed by atoms with Crippen molar-refractivity contribution in [2.24, 2.45) is 5.73 Å². The third-order valence-electron chi connectivity index (χ3n) is 7.58. The van der Waals surface area contributed by atoms with E-state index in [1.165, 1.54) is 5.56 Å². The van der Waals surface area contributed by atoms with Gasteiger partial charge in [0.15, 0.2) is 5.69 Å². The standard InChI is InChI=1S/C24H28ClF3N4.ClH/c25-17-3-1-2-16(12-17)23(14-29)9-6-18(7-10-23)32-11-8-19-20(13-32)30-22(15-4-5-15)31-21(19)24(26,27)28;/h1-3,12,15,18H,4-11,13-14,29H2;1H/t18-,23+;. The van der Waals surface area contributed by atoms with Gasteiger partial charge in [-0.15, -0.1) is 12.4 Å². The normalized spacial score (nSPS) is 25.9. The molecule has 3 aliphatic rings. The van der Waals surface area contributed by atoms with Crippen LogP contribution in [0.15, 0.2) is 24.3 Å². The average Bonchev–Trinajstić information content (AvgIpc) is 3.63. The molecule has 0 unspecified atom stereocenters. The maximum Gasteiger partial charge on any atom is 0.433 e. The van der Waals surface area contributed by atoms with Crippen LogP contribution in [0.3, 0.4) is 0 Å². The Bertz CT molecular complexity index is 1000. The molecule has 0 amide bonds. The maximum absolute atomic E-state index is 13.7. The number of benzene rings is 1. The van der Waals surface area contributed by atoms with Gasteiger partial charge in [0, 0.05) is 47.6 Å². The minimum atomic E-state index is -4.43. The van der Waals surface area contributed by atoms with Crippen LogP contribution in [0, 0.1) is 0 Å². The number of nitrogens with two attached hydrogens (primary N) is 1. The first-order valence-electron chi connectivity index (χ1n) is 11.5. The predicted octanol–water partition coefficient (Wildman–Crippen LogP) is 5.65. The van der Waals surface area contributed by atoms with Crippen LogP contribution in [-0.4, -0.2) is 34.0 Å². The summed E-state index contributed by atoms with van der Waals surface area (Å²) in [5.41, 5.74) is 7.50. The number of nitrogens with zero attached hydrogens (tertiary/aromatic N) is 3. The molecule has 1 aromatic carbocycles. The summed E-state index contributed by atoms with van der Waals surface area (Å²) >= 11 is 6.22. The summed E-state index contributed by atoms with van der Waals surface area (Å²) in [5.74, 6) is 0.471. The van der Waals surface area contributed by atoms with Crippen molar-refractivity contribution in [2.75, 3.05) is 13.1 Å². The summed E-state index contributed by atoms with van der Waals surface area (Å²) in [5, 5.41) is 0.719. The van der Waals surface area contributed by atoms with E-state index in [0.29, 0.717) is 49.2 Å². The van der Waals surface area contributed by atoms with Crippen molar-refractivity contribution in [1.29, 1.82) is 0 Å². The molecule has 0 radical (unpaired) electrons. The molecule has 1 aliphatic heterocycles. The van der Waals surface area contributed by atoms with Crippen LogP contribution < -0.4 is 5.73 Å². The van der Waals surface area contributed by atoms with Crippen molar-refractivity contribution in [2.45, 2.75) is 75.0 Å². The van der Waals surface area contributed by atoms with Crippen molar-refractivity contribution < 1.29 is 13.2 Å². The molecule has 2 heterocycles. The number of fused-ring (bicyclic) bond motifs is 1. The molecular formula is C24H29Cl2F3N4. The van der Waals surface area contributed by atoms with Crippen LogP contribution in [0.4, 0.5) is 13.2 Å². The number of hydrogen-bond donors (Lipinski definition) is 1. The van der Waals surface area contributed by atoms with Crippen LogP contribution in [0.1, 0.15) is 72.8 Å². The summed E-state index contributed by atoms with van der Waals surface area (Å²) in [4.78, 5) is 10.9. The van der Waals surface area contributed by atoms with Crippen LogP contribution in [0.5, 0.6) is 0 Å². The lowest BCUT2D eigenvalue weighted by Gasteiger charge is -2.44. The van der Waals surface area contributed by atoms with Gasteiger partial charge in [0.1, 0.15) is 5.82 Å². The highest BCUT2D eigenvalue weighted by Gasteiger charge is 2.42. The molecule has 4 nitrogen and oxygen atoms in total. The van der Waals surface area contributed by atoms with Crippen molar-refractivity contribution in [3.05, 3.63) is 57.6 Å². The number of alkyl halides is 3. The van der Waals surface area contributed by atoms with Crippen LogP contribution in [0.25, 0.3) is 0 Å². The van der Waals surface area contributed by atoms with Gasteiger partial charge in [-0.1, -0.05) is 23.7 Å². The quantitative estimate of drug-likeness (QED) is 0.589. The van der Waals surface area contributed by atoms with Crippen LogP contribution >= 0.6 is 24.0 Å². The topological polar surface area (TPSA) is 55.0 Å². The minimum absolute atomic E-state index is 0. The van der Waals surface area contributed by atoms with E-state index < -0.39 is 11.9 Å². The second-order valence-corrected chi connectivity index (χ2v) is 10.0. The zero-order valence-electron chi connectivity index (χ0n) is 18.4. The smallest absolute Gasteiger partial charge is 0.330 e. The Morgan fingerprint density at radius 3 is 2.45 bits per heavy atom. The molecule has 0 spiro atoms. The summed E-state index contributed by atoms with van der Waals surface area (Å²) in [6, 6.07) is 8.29. The molecule has 2 aromatic rings. The Kier molecular flexibility index (Phi) is 6.98. The Balaban J connectivity index is 0.00000259. The third kappa shape index (κ3) is 4.88. The molecule has 2 saturated carbocycles. The molecule has 2 N–H and O–H groups in total. The first-order chi connectivity index (χ1) is 15.3. The molecule has 0 saturated heterocycles. The Morgan fingerprint density at radius 2 is 1.85 bits per heavy atom. The van der Waals surface area contributed by atoms with Gasteiger partial charge in [-0.3, -0.25) is 4.90 Å². The highest BCUT2D eigenvalue weighted by atomic mass is 35.5. The lowest BCUT2D eigenvalue weighted by molar-refractivity contribution is -0.142. The van der Waals surface area contributed by atoms with Gasteiger partial charge >= 0.3 is 6.18 Å². The lowest BCUT2D eigenvalue weighted by atomic mass is 9.68. The van der Waals surface area contributed by atoms with E-state index >= 15 is 0 Å². The number of rotatable bonds is 4. The first kappa shape index (κ1) is 24.7. The predicted molar refractivity (Wildman–Crippen MR) is 125 cm³/mol. The minimum Gasteiger partial charge on any atom is -0.330 e.